The fourth-order valence-corrected chi connectivity index (χ4v) is 3.84. The highest BCUT2D eigenvalue weighted by Crippen LogP contribution is 2.32. The van der Waals surface area contributed by atoms with Crippen molar-refractivity contribution < 1.29 is 9.84 Å². The largest absolute Gasteiger partial charge is 0.488 e. The summed E-state index contributed by atoms with van der Waals surface area (Å²) in [4.78, 5) is 13.0. The number of rotatable bonds is 6. The summed E-state index contributed by atoms with van der Waals surface area (Å²) in [6.45, 7) is 1.88. The molecule has 0 fully saturated rings. The molecule has 0 saturated heterocycles. The van der Waals surface area contributed by atoms with Gasteiger partial charge in [0.25, 0.3) is 5.56 Å². The van der Waals surface area contributed by atoms with E-state index in [9.17, 15) is 9.90 Å². The molecule has 4 aromatic rings. The molecule has 0 amide bonds. The summed E-state index contributed by atoms with van der Waals surface area (Å²) in [7, 11) is 0. The Morgan fingerprint density at radius 1 is 0.968 bits per heavy atom. The Kier molecular flexibility index (Phi) is 6.28. The minimum Gasteiger partial charge on any atom is -0.488 e. The van der Waals surface area contributed by atoms with Crippen molar-refractivity contribution in [3.63, 3.8) is 0 Å². The molecule has 0 spiro atoms. The molecule has 3 aromatic carbocycles. The van der Waals surface area contributed by atoms with Crippen molar-refractivity contribution >= 4 is 34.0 Å². The summed E-state index contributed by atoms with van der Waals surface area (Å²) in [5.74, 6) is 0.295. The van der Waals surface area contributed by atoms with E-state index in [0.717, 1.165) is 16.5 Å². The summed E-state index contributed by atoms with van der Waals surface area (Å²) in [5, 5.41) is 17.1. The molecule has 0 saturated carbocycles. The lowest BCUT2D eigenvalue weighted by Gasteiger charge is -2.16. The summed E-state index contributed by atoms with van der Waals surface area (Å²) >= 11 is 12.2. The van der Waals surface area contributed by atoms with E-state index in [0.29, 0.717) is 26.9 Å². The molecule has 1 unspecified atom stereocenters. The van der Waals surface area contributed by atoms with E-state index in [-0.39, 0.29) is 18.7 Å². The van der Waals surface area contributed by atoms with Crippen LogP contribution in [0.25, 0.3) is 22.0 Å². The molecule has 1 aromatic heterocycles. The third-order valence-corrected chi connectivity index (χ3v) is 5.51. The fraction of sp³-hybridized carbons (Fsp3) is 0.167. The number of aryl methyl sites for hydroxylation is 1. The minimum absolute atomic E-state index is 0.0371. The highest BCUT2D eigenvalue weighted by Gasteiger charge is 2.16. The topological polar surface area (TPSA) is 64.3 Å². The van der Waals surface area contributed by atoms with E-state index in [2.05, 4.69) is 5.10 Å². The Hall–Kier alpha value is -2.86. The summed E-state index contributed by atoms with van der Waals surface area (Å²) in [5.41, 5.74) is 2.43. The van der Waals surface area contributed by atoms with Crippen LogP contribution in [-0.2, 0) is 6.54 Å². The number of aliphatic hydroxyl groups is 1. The van der Waals surface area contributed by atoms with Gasteiger partial charge in [-0.2, -0.15) is 5.10 Å². The first-order valence-electron chi connectivity index (χ1n) is 9.76. The molecule has 1 atom stereocenters. The zero-order valence-electron chi connectivity index (χ0n) is 16.8. The van der Waals surface area contributed by atoms with Gasteiger partial charge in [-0.15, -0.1) is 0 Å². The van der Waals surface area contributed by atoms with Crippen LogP contribution in [0.4, 0.5) is 0 Å². The highest BCUT2D eigenvalue weighted by molar-refractivity contribution is 6.37. The Morgan fingerprint density at radius 3 is 2.29 bits per heavy atom. The SMILES string of the molecule is Cc1ccc(-c2nn(CC(O)COc3c(Cl)cccc3Cl)c(=O)c3ccccc23)cc1. The van der Waals surface area contributed by atoms with Crippen LogP contribution in [-0.4, -0.2) is 27.6 Å². The van der Waals surface area contributed by atoms with Crippen LogP contribution >= 0.6 is 23.2 Å². The lowest BCUT2D eigenvalue weighted by molar-refractivity contribution is 0.0883. The van der Waals surface area contributed by atoms with Crippen LogP contribution < -0.4 is 10.3 Å². The summed E-state index contributed by atoms with van der Waals surface area (Å²) < 4.78 is 6.88. The van der Waals surface area contributed by atoms with Gasteiger partial charge in [-0.05, 0) is 25.1 Å². The van der Waals surface area contributed by atoms with Crippen LogP contribution in [0.15, 0.2) is 71.5 Å². The first kappa shape index (κ1) is 21.4. The molecule has 31 heavy (non-hydrogen) atoms. The molecular weight excluding hydrogens is 435 g/mol. The monoisotopic (exact) mass is 454 g/mol. The predicted octanol–water partition coefficient (Wildman–Crippen LogP) is 5.12. The molecule has 1 heterocycles. The number of nitrogens with zero attached hydrogens (tertiary/aromatic N) is 2. The molecule has 1 N–H and O–H groups in total. The van der Waals surface area contributed by atoms with Gasteiger partial charge in [-0.1, -0.05) is 77.3 Å². The van der Waals surface area contributed by atoms with E-state index in [1.54, 1.807) is 24.3 Å². The lowest BCUT2D eigenvalue weighted by Crippen LogP contribution is -2.32. The number of hydrogen-bond donors (Lipinski definition) is 1. The van der Waals surface area contributed by atoms with Gasteiger partial charge in [0, 0.05) is 10.9 Å². The van der Waals surface area contributed by atoms with Crippen molar-refractivity contribution in [3.8, 4) is 17.0 Å². The van der Waals surface area contributed by atoms with Gasteiger partial charge >= 0.3 is 0 Å². The van der Waals surface area contributed by atoms with Gasteiger partial charge in [0.1, 0.15) is 12.7 Å². The van der Waals surface area contributed by atoms with Crippen LogP contribution in [0.1, 0.15) is 5.56 Å². The number of aliphatic hydroxyl groups excluding tert-OH is 1. The maximum absolute atomic E-state index is 13.0. The number of fused-ring (bicyclic) bond motifs is 1. The maximum Gasteiger partial charge on any atom is 0.274 e. The second-order valence-corrected chi connectivity index (χ2v) is 8.08. The van der Waals surface area contributed by atoms with Crippen molar-refractivity contribution in [1.82, 2.24) is 9.78 Å². The van der Waals surface area contributed by atoms with Gasteiger partial charge in [-0.3, -0.25) is 4.79 Å². The number of para-hydroxylation sites is 1. The number of ether oxygens (including phenoxy) is 1. The molecular formula is C24H20Cl2N2O3. The average Bonchev–Trinajstić information content (AvgIpc) is 2.76. The second kappa shape index (κ2) is 9.10. The third kappa shape index (κ3) is 4.59. The first-order chi connectivity index (χ1) is 14.9. The van der Waals surface area contributed by atoms with Gasteiger partial charge in [0.05, 0.1) is 27.7 Å². The standard InChI is InChI=1S/C24H20Cl2N2O3/c1-15-9-11-16(12-10-15)22-18-5-2-3-6-19(18)24(30)28(27-22)13-17(29)14-31-23-20(25)7-4-8-21(23)26/h2-12,17,29H,13-14H2,1H3. The van der Waals surface area contributed by atoms with Crippen LogP contribution in [0, 0.1) is 6.92 Å². The van der Waals surface area contributed by atoms with E-state index >= 15 is 0 Å². The second-order valence-electron chi connectivity index (χ2n) is 7.26. The Balaban J connectivity index is 1.65. The number of benzene rings is 3. The predicted molar refractivity (Wildman–Crippen MR) is 124 cm³/mol. The van der Waals surface area contributed by atoms with Crippen molar-refractivity contribution in [2.24, 2.45) is 0 Å². The van der Waals surface area contributed by atoms with Crippen molar-refractivity contribution in [1.29, 1.82) is 0 Å². The maximum atomic E-state index is 13.0. The number of aromatic nitrogens is 2. The Bertz CT molecular complexity index is 1270. The van der Waals surface area contributed by atoms with Crippen LogP contribution in [0.5, 0.6) is 5.75 Å². The normalized spacial score (nSPS) is 12.1. The number of hydrogen-bond acceptors (Lipinski definition) is 4. The first-order valence-corrected chi connectivity index (χ1v) is 10.5. The van der Waals surface area contributed by atoms with Gasteiger partial charge in [0.2, 0.25) is 0 Å². The third-order valence-electron chi connectivity index (χ3n) is 4.92. The molecule has 0 radical (unpaired) electrons. The van der Waals surface area contributed by atoms with Crippen molar-refractivity contribution in [2.75, 3.05) is 6.61 Å². The van der Waals surface area contributed by atoms with E-state index < -0.39 is 6.10 Å². The van der Waals surface area contributed by atoms with E-state index in [1.807, 2.05) is 49.4 Å². The van der Waals surface area contributed by atoms with E-state index in [4.69, 9.17) is 27.9 Å². The zero-order chi connectivity index (χ0) is 22.0. The number of halogens is 2. The molecule has 0 aliphatic carbocycles. The summed E-state index contributed by atoms with van der Waals surface area (Å²) in [6.07, 6.45) is -0.996. The molecule has 5 nitrogen and oxygen atoms in total. The Morgan fingerprint density at radius 2 is 1.61 bits per heavy atom. The highest BCUT2D eigenvalue weighted by atomic mass is 35.5. The van der Waals surface area contributed by atoms with Crippen LogP contribution in [0.3, 0.4) is 0 Å². The van der Waals surface area contributed by atoms with E-state index in [1.165, 1.54) is 4.68 Å². The van der Waals surface area contributed by atoms with Gasteiger partial charge in [0.15, 0.2) is 5.75 Å². The summed E-state index contributed by atoms with van der Waals surface area (Å²) in [6, 6.07) is 20.3. The van der Waals surface area contributed by atoms with Gasteiger partial charge in [-0.25, -0.2) is 4.68 Å². The molecule has 0 aliphatic rings. The molecule has 0 aliphatic heterocycles. The van der Waals surface area contributed by atoms with Crippen molar-refractivity contribution in [3.05, 3.63) is 92.7 Å². The lowest BCUT2D eigenvalue weighted by atomic mass is 10.0. The smallest absolute Gasteiger partial charge is 0.274 e. The quantitative estimate of drug-likeness (QED) is 0.439. The molecule has 7 heteroatoms. The Labute approximate surface area is 189 Å². The minimum atomic E-state index is -0.996. The average molecular weight is 455 g/mol. The van der Waals surface area contributed by atoms with Gasteiger partial charge < -0.3 is 9.84 Å². The fourth-order valence-electron chi connectivity index (χ4n) is 3.34. The molecule has 4 rings (SSSR count). The van der Waals surface area contributed by atoms with Crippen LogP contribution in [0.2, 0.25) is 10.0 Å². The molecule has 158 valence electrons. The molecule has 0 bridgehead atoms. The zero-order valence-corrected chi connectivity index (χ0v) is 18.3. The van der Waals surface area contributed by atoms with Crippen molar-refractivity contribution in [2.45, 2.75) is 19.6 Å².